The maximum Gasteiger partial charge on any atom is 0.270 e. The number of aromatic nitrogens is 5. The van der Waals surface area contributed by atoms with Crippen LogP contribution in [-0.4, -0.2) is 87.0 Å². The molecule has 2 fully saturated rings. The monoisotopic (exact) mass is 664 g/mol. The van der Waals surface area contributed by atoms with Crippen LogP contribution in [-0.2, 0) is 16.0 Å². The Kier molecular flexibility index (Phi) is 10.4. The van der Waals surface area contributed by atoms with E-state index in [1.54, 1.807) is 35.2 Å². The number of H-pyrrole nitrogens is 1. The summed E-state index contributed by atoms with van der Waals surface area (Å²) in [6, 6.07) is 17.9. The van der Waals surface area contributed by atoms with E-state index in [1.165, 1.54) is 0 Å². The lowest BCUT2D eigenvalue weighted by atomic mass is 9.81. The molecule has 0 unspecified atom stereocenters. The van der Waals surface area contributed by atoms with Crippen LogP contribution in [0.25, 0.3) is 22.5 Å². The first-order valence-electron chi connectivity index (χ1n) is 16.9. The number of hydrogen-bond donors (Lipinski definition) is 4. The molecule has 1 aliphatic heterocycles. The topological polar surface area (TPSA) is 189 Å². The van der Waals surface area contributed by atoms with Gasteiger partial charge in [-0.2, -0.15) is 5.21 Å². The van der Waals surface area contributed by atoms with E-state index in [9.17, 15) is 14.4 Å². The molecule has 6 N–H and O–H groups in total. The number of nitrogens with one attached hydrogen (secondary N) is 2. The van der Waals surface area contributed by atoms with Crippen molar-refractivity contribution in [2.75, 3.05) is 31.6 Å². The van der Waals surface area contributed by atoms with Gasteiger partial charge in [-0.25, -0.2) is 4.98 Å². The second-order valence-electron chi connectivity index (χ2n) is 13.3. The minimum absolute atomic E-state index is 0.117. The molecule has 13 heteroatoms. The summed E-state index contributed by atoms with van der Waals surface area (Å²) in [4.78, 5) is 48.6. The molecule has 1 aliphatic carbocycles. The fraction of sp³-hybridized carbons (Fsp3) is 0.417. The third-order valence-electron chi connectivity index (χ3n) is 9.89. The first-order chi connectivity index (χ1) is 23.7. The number of likely N-dealkylation sites (tertiary alicyclic amines) is 1. The molecular formula is C36H44N10O3. The number of pyridine rings is 1. The SMILES string of the molecule is Cc1nc(C(=O)N[C@@H]2CCN(C)C2)ccc1-c1ccc(C[C@@H](C(N)=O)N(C(=O)C2CCC(CN)CC2)c2ccc(-c3nn[nH]n3)cc2)cc1. The van der Waals surface area contributed by atoms with Gasteiger partial charge in [-0.1, -0.05) is 30.3 Å². The van der Waals surface area contributed by atoms with Crippen molar-refractivity contribution in [3.05, 3.63) is 77.6 Å². The van der Waals surface area contributed by atoms with E-state index in [1.807, 2.05) is 44.3 Å². The number of carbonyl (C=O) groups is 3. The molecule has 2 aromatic carbocycles. The van der Waals surface area contributed by atoms with Crippen LogP contribution < -0.4 is 21.7 Å². The Morgan fingerprint density at radius 1 is 0.980 bits per heavy atom. The molecule has 2 atom stereocenters. The van der Waals surface area contributed by atoms with Crippen molar-refractivity contribution < 1.29 is 14.4 Å². The van der Waals surface area contributed by atoms with Crippen LogP contribution in [0.1, 0.15) is 53.8 Å². The van der Waals surface area contributed by atoms with Gasteiger partial charge in [-0.15, -0.1) is 10.2 Å². The summed E-state index contributed by atoms with van der Waals surface area (Å²) in [5.74, 6) is -0.273. The molecule has 3 amide bonds. The largest absolute Gasteiger partial charge is 0.368 e. The summed E-state index contributed by atoms with van der Waals surface area (Å²) in [6.07, 6.45) is 4.33. The molecule has 2 aromatic heterocycles. The Morgan fingerprint density at radius 2 is 1.69 bits per heavy atom. The highest BCUT2D eigenvalue weighted by Gasteiger charge is 2.36. The van der Waals surface area contributed by atoms with Crippen molar-refractivity contribution in [2.45, 2.75) is 57.5 Å². The van der Waals surface area contributed by atoms with Gasteiger partial charge in [0.2, 0.25) is 17.6 Å². The second-order valence-corrected chi connectivity index (χ2v) is 13.3. The fourth-order valence-corrected chi connectivity index (χ4v) is 7.03. The van der Waals surface area contributed by atoms with Crippen LogP contribution in [0.3, 0.4) is 0 Å². The summed E-state index contributed by atoms with van der Waals surface area (Å²) in [5, 5.41) is 17.2. The minimum Gasteiger partial charge on any atom is -0.368 e. The minimum atomic E-state index is -0.914. The van der Waals surface area contributed by atoms with E-state index in [0.717, 1.165) is 60.3 Å². The van der Waals surface area contributed by atoms with Crippen molar-refractivity contribution in [2.24, 2.45) is 23.3 Å². The van der Waals surface area contributed by atoms with Crippen LogP contribution in [0, 0.1) is 18.8 Å². The summed E-state index contributed by atoms with van der Waals surface area (Å²) in [7, 11) is 2.05. The number of tetrazole rings is 1. The first kappa shape index (κ1) is 33.9. The number of nitrogens with zero attached hydrogens (tertiary/aromatic N) is 6. The number of carbonyl (C=O) groups excluding carboxylic acids is 3. The number of benzene rings is 2. The van der Waals surface area contributed by atoms with Gasteiger partial charge in [-0.05, 0) is 112 Å². The summed E-state index contributed by atoms with van der Waals surface area (Å²) in [5.41, 5.74) is 17.1. The Labute approximate surface area is 285 Å². The molecule has 13 nitrogen and oxygen atoms in total. The molecule has 6 rings (SSSR count). The van der Waals surface area contributed by atoms with Crippen LogP contribution in [0.2, 0.25) is 0 Å². The van der Waals surface area contributed by atoms with E-state index in [0.29, 0.717) is 42.5 Å². The number of hydrogen-bond acceptors (Lipinski definition) is 9. The molecule has 0 radical (unpaired) electrons. The molecule has 2 aliphatic rings. The molecular weight excluding hydrogens is 620 g/mol. The predicted molar refractivity (Wildman–Crippen MR) is 186 cm³/mol. The number of primary amides is 1. The number of nitrogens with two attached hydrogens (primary N) is 2. The van der Waals surface area contributed by atoms with E-state index in [4.69, 9.17) is 11.5 Å². The quantitative estimate of drug-likeness (QED) is 0.187. The Bertz CT molecular complexity index is 1750. The van der Waals surface area contributed by atoms with Gasteiger partial charge >= 0.3 is 0 Å². The highest BCUT2D eigenvalue weighted by molar-refractivity contribution is 6.02. The zero-order valence-electron chi connectivity index (χ0n) is 28.0. The number of anilines is 1. The zero-order chi connectivity index (χ0) is 34.5. The number of aromatic amines is 1. The lowest BCUT2D eigenvalue weighted by Gasteiger charge is -2.35. The summed E-state index contributed by atoms with van der Waals surface area (Å²) in [6.45, 7) is 4.30. The Hall–Kier alpha value is -5.01. The first-order valence-corrected chi connectivity index (χ1v) is 16.9. The molecule has 0 spiro atoms. The van der Waals surface area contributed by atoms with Gasteiger partial charge in [0.05, 0.1) is 0 Å². The molecule has 1 saturated carbocycles. The molecule has 0 bridgehead atoms. The Balaban J connectivity index is 1.21. The van der Waals surface area contributed by atoms with E-state index >= 15 is 0 Å². The van der Waals surface area contributed by atoms with Crippen LogP contribution in [0.5, 0.6) is 0 Å². The molecule has 49 heavy (non-hydrogen) atoms. The van der Waals surface area contributed by atoms with Crippen molar-refractivity contribution in [1.29, 1.82) is 0 Å². The highest BCUT2D eigenvalue weighted by atomic mass is 16.2. The van der Waals surface area contributed by atoms with Crippen molar-refractivity contribution in [3.63, 3.8) is 0 Å². The zero-order valence-corrected chi connectivity index (χ0v) is 28.0. The van der Waals surface area contributed by atoms with Gasteiger partial charge < -0.3 is 21.7 Å². The normalized spacial score (nSPS) is 20.1. The maximum absolute atomic E-state index is 14.2. The summed E-state index contributed by atoms with van der Waals surface area (Å²) >= 11 is 0. The van der Waals surface area contributed by atoms with Gasteiger partial charge in [0.15, 0.2) is 0 Å². The number of aryl methyl sites for hydroxylation is 1. The predicted octanol–water partition coefficient (Wildman–Crippen LogP) is 2.87. The molecule has 4 aromatic rings. The average Bonchev–Trinajstić information content (AvgIpc) is 3.80. The fourth-order valence-electron chi connectivity index (χ4n) is 7.03. The maximum atomic E-state index is 14.2. The highest BCUT2D eigenvalue weighted by Crippen LogP contribution is 2.33. The number of rotatable bonds is 11. The average molecular weight is 665 g/mol. The van der Waals surface area contributed by atoms with E-state index in [2.05, 4.69) is 35.8 Å². The summed E-state index contributed by atoms with van der Waals surface area (Å²) < 4.78 is 0. The van der Waals surface area contributed by atoms with Crippen LogP contribution >= 0.6 is 0 Å². The number of amides is 3. The molecule has 1 saturated heterocycles. The Morgan fingerprint density at radius 3 is 2.29 bits per heavy atom. The smallest absolute Gasteiger partial charge is 0.270 e. The molecule has 3 heterocycles. The molecule has 256 valence electrons. The van der Waals surface area contributed by atoms with E-state index in [-0.39, 0.29) is 30.2 Å². The van der Waals surface area contributed by atoms with Crippen LogP contribution in [0.15, 0.2) is 60.7 Å². The van der Waals surface area contributed by atoms with Crippen molar-refractivity contribution in [3.8, 4) is 22.5 Å². The second kappa shape index (κ2) is 15.0. The van der Waals surface area contributed by atoms with E-state index < -0.39 is 11.9 Å². The van der Waals surface area contributed by atoms with Crippen molar-refractivity contribution in [1.82, 2.24) is 35.8 Å². The third kappa shape index (κ3) is 7.84. The lowest BCUT2D eigenvalue weighted by molar-refractivity contribution is -0.127. The van der Waals surface area contributed by atoms with Crippen LogP contribution in [0.4, 0.5) is 5.69 Å². The van der Waals surface area contributed by atoms with Gasteiger partial charge in [0.25, 0.3) is 5.91 Å². The standard InChI is InChI=1S/C36H44N10O3/c1-22-30(15-16-31(39-22)35(48)40-28-17-18-45(2)21-28)25-7-3-23(4-8-25)19-32(33(38)47)46(36(49)27-9-5-24(20-37)6-10-27)29-13-11-26(12-14-29)34-41-43-44-42-34/h3-4,7-8,11-16,24,27-28,32H,5-6,9-10,17-21,37H2,1-2H3,(H2,38,47)(H,40,48)(H,41,42,43,44)/t24?,27?,28-,32+/m1/s1. The van der Waals surface area contributed by atoms with Gasteiger partial charge in [0.1, 0.15) is 11.7 Å². The number of likely N-dealkylation sites (N-methyl/N-ethyl adjacent to an activating group) is 1. The van der Waals surface area contributed by atoms with Gasteiger partial charge in [0, 0.05) is 47.4 Å². The van der Waals surface area contributed by atoms with Crippen molar-refractivity contribution >= 4 is 23.4 Å². The third-order valence-corrected chi connectivity index (χ3v) is 9.89. The lowest BCUT2D eigenvalue weighted by Crippen LogP contribution is -2.52. The van der Waals surface area contributed by atoms with Gasteiger partial charge in [-0.3, -0.25) is 19.3 Å².